The summed E-state index contributed by atoms with van der Waals surface area (Å²) in [6.45, 7) is 2.22. The van der Waals surface area contributed by atoms with Crippen molar-refractivity contribution in [3.8, 4) is 0 Å². The van der Waals surface area contributed by atoms with Crippen LogP contribution >= 0.6 is 0 Å². The van der Waals surface area contributed by atoms with E-state index in [-0.39, 0.29) is 5.91 Å². The van der Waals surface area contributed by atoms with Crippen LogP contribution in [0, 0.1) is 0 Å². The van der Waals surface area contributed by atoms with Gasteiger partial charge >= 0.3 is 0 Å². The number of rotatable bonds is 3. The predicted octanol–water partition coefficient (Wildman–Crippen LogP) is 1.87. The molecule has 0 bridgehead atoms. The van der Waals surface area contributed by atoms with Crippen molar-refractivity contribution >= 4 is 16.8 Å². The normalized spacial score (nSPS) is 16.9. The first kappa shape index (κ1) is 14.9. The average Bonchev–Trinajstić information content (AvgIpc) is 2.92. The van der Waals surface area contributed by atoms with E-state index in [0.29, 0.717) is 11.5 Å². The zero-order valence-corrected chi connectivity index (χ0v) is 13.4. The Morgan fingerprint density at radius 3 is 2.68 bits per heavy atom. The lowest BCUT2D eigenvalue weighted by atomic mass is 9.89. The molecule has 5 heteroatoms. The van der Waals surface area contributed by atoms with Gasteiger partial charge in [-0.3, -0.25) is 4.79 Å². The second kappa shape index (κ2) is 6.01. The highest BCUT2D eigenvalue weighted by molar-refractivity contribution is 5.98. The molecular formula is C17H23N3O2. The van der Waals surface area contributed by atoms with Crippen LogP contribution in [0.15, 0.2) is 24.4 Å². The third-order valence-corrected chi connectivity index (χ3v) is 4.65. The van der Waals surface area contributed by atoms with Gasteiger partial charge in [0.2, 0.25) is 0 Å². The molecule has 3 rings (SSSR count). The number of carbonyl (C=O) groups is 1. The Morgan fingerprint density at radius 2 is 2.05 bits per heavy atom. The molecular weight excluding hydrogens is 278 g/mol. The van der Waals surface area contributed by atoms with E-state index in [9.17, 15) is 4.79 Å². The summed E-state index contributed by atoms with van der Waals surface area (Å²) in [5.41, 5.74) is 3.00. The van der Waals surface area contributed by atoms with E-state index in [0.717, 1.165) is 36.8 Å². The van der Waals surface area contributed by atoms with Crippen LogP contribution < -0.4 is 10.2 Å². The van der Waals surface area contributed by atoms with Crippen molar-refractivity contribution in [2.75, 3.05) is 34.3 Å². The van der Waals surface area contributed by atoms with Crippen molar-refractivity contribution in [2.24, 2.45) is 0 Å². The monoisotopic (exact) mass is 301 g/mol. The number of hydrogen-bond donors (Lipinski definition) is 1. The minimum absolute atomic E-state index is 0.0543. The summed E-state index contributed by atoms with van der Waals surface area (Å²) < 4.78 is 1.80. The maximum atomic E-state index is 11.9. The molecule has 0 unspecified atom stereocenters. The maximum absolute atomic E-state index is 11.9. The highest BCUT2D eigenvalue weighted by Gasteiger charge is 2.23. The Morgan fingerprint density at radius 1 is 1.32 bits per heavy atom. The van der Waals surface area contributed by atoms with Gasteiger partial charge in [0.05, 0.1) is 5.52 Å². The first-order valence-corrected chi connectivity index (χ1v) is 7.74. The number of carbonyl (C=O) groups excluding carboxylic acids is 1. The Hall–Kier alpha value is -2.01. The molecule has 2 aromatic rings. The molecule has 1 N–H and O–H groups in total. The van der Waals surface area contributed by atoms with Crippen LogP contribution in [0.25, 0.3) is 10.9 Å². The van der Waals surface area contributed by atoms with E-state index in [4.69, 9.17) is 4.84 Å². The van der Waals surface area contributed by atoms with E-state index < -0.39 is 0 Å². The average molecular weight is 301 g/mol. The van der Waals surface area contributed by atoms with Gasteiger partial charge in [0, 0.05) is 24.2 Å². The minimum atomic E-state index is -0.0543. The molecule has 22 heavy (non-hydrogen) atoms. The molecule has 1 saturated heterocycles. The Labute approximate surface area is 130 Å². The quantitative estimate of drug-likeness (QED) is 0.941. The first-order valence-electron chi connectivity index (χ1n) is 7.74. The molecule has 0 radical (unpaired) electrons. The molecule has 1 aliphatic rings. The van der Waals surface area contributed by atoms with Gasteiger partial charge in [-0.2, -0.15) is 4.73 Å². The van der Waals surface area contributed by atoms with Crippen LogP contribution in [0.5, 0.6) is 0 Å². The van der Waals surface area contributed by atoms with Crippen molar-refractivity contribution in [1.29, 1.82) is 0 Å². The predicted molar refractivity (Wildman–Crippen MR) is 87.3 cm³/mol. The SMILES string of the molecule is CNC(=O)c1ccc2c(c1)c(C1CCN(C)CC1)cn2OC. The van der Waals surface area contributed by atoms with Gasteiger partial charge in [0.25, 0.3) is 5.91 Å². The van der Waals surface area contributed by atoms with Crippen LogP contribution in [-0.4, -0.2) is 49.8 Å². The van der Waals surface area contributed by atoms with E-state index >= 15 is 0 Å². The van der Waals surface area contributed by atoms with E-state index in [1.54, 1.807) is 18.9 Å². The molecule has 0 spiro atoms. The second-order valence-electron chi connectivity index (χ2n) is 5.98. The van der Waals surface area contributed by atoms with E-state index in [1.165, 1.54) is 5.56 Å². The number of hydrogen-bond acceptors (Lipinski definition) is 3. The molecule has 1 fully saturated rings. The number of amides is 1. The maximum Gasteiger partial charge on any atom is 0.251 e. The molecule has 1 aliphatic heterocycles. The Balaban J connectivity index is 2.06. The highest BCUT2D eigenvalue weighted by Crippen LogP contribution is 2.34. The van der Waals surface area contributed by atoms with Crippen LogP contribution in [-0.2, 0) is 0 Å². The molecule has 1 aromatic heterocycles. The third kappa shape index (κ3) is 2.57. The summed E-state index contributed by atoms with van der Waals surface area (Å²) >= 11 is 0. The zero-order valence-electron chi connectivity index (χ0n) is 13.4. The summed E-state index contributed by atoms with van der Waals surface area (Å²) in [7, 11) is 5.49. The van der Waals surface area contributed by atoms with Gasteiger partial charge in [0.1, 0.15) is 7.11 Å². The molecule has 0 aliphatic carbocycles. The minimum Gasteiger partial charge on any atom is -0.417 e. The fourth-order valence-electron chi connectivity index (χ4n) is 3.31. The number of fused-ring (bicyclic) bond motifs is 1. The summed E-state index contributed by atoms with van der Waals surface area (Å²) in [5, 5.41) is 3.81. The molecule has 0 saturated carbocycles. The Bertz CT molecular complexity index is 685. The number of nitrogens with zero attached hydrogens (tertiary/aromatic N) is 2. The number of piperidine rings is 1. The summed E-state index contributed by atoms with van der Waals surface area (Å²) in [4.78, 5) is 19.7. The van der Waals surface area contributed by atoms with Gasteiger partial charge in [-0.1, -0.05) is 0 Å². The lowest BCUT2D eigenvalue weighted by Crippen LogP contribution is -2.29. The zero-order chi connectivity index (χ0) is 15.7. The highest BCUT2D eigenvalue weighted by atomic mass is 16.6. The van der Waals surface area contributed by atoms with Crippen LogP contribution in [0.3, 0.4) is 0 Å². The molecule has 118 valence electrons. The fourth-order valence-corrected chi connectivity index (χ4v) is 3.31. The number of nitrogens with one attached hydrogen (secondary N) is 1. The first-order chi connectivity index (χ1) is 10.6. The van der Waals surface area contributed by atoms with Crippen molar-refractivity contribution in [3.05, 3.63) is 35.5 Å². The van der Waals surface area contributed by atoms with Crippen LogP contribution in [0.1, 0.15) is 34.7 Å². The van der Waals surface area contributed by atoms with Crippen molar-refractivity contribution < 1.29 is 9.63 Å². The molecule has 1 aromatic carbocycles. The van der Waals surface area contributed by atoms with E-state index in [1.807, 2.05) is 18.2 Å². The van der Waals surface area contributed by atoms with Crippen molar-refractivity contribution in [1.82, 2.24) is 14.9 Å². The topological polar surface area (TPSA) is 46.5 Å². The van der Waals surface area contributed by atoms with Gasteiger partial charge in [0.15, 0.2) is 0 Å². The van der Waals surface area contributed by atoms with Crippen LogP contribution in [0.4, 0.5) is 0 Å². The van der Waals surface area contributed by atoms with E-state index in [2.05, 4.69) is 23.5 Å². The number of benzene rings is 1. The van der Waals surface area contributed by atoms with Gasteiger partial charge in [-0.05, 0) is 62.7 Å². The largest absolute Gasteiger partial charge is 0.417 e. The second-order valence-corrected chi connectivity index (χ2v) is 5.98. The molecule has 5 nitrogen and oxygen atoms in total. The summed E-state index contributed by atoms with van der Waals surface area (Å²) in [6, 6.07) is 5.79. The fraction of sp³-hybridized carbons (Fsp3) is 0.471. The van der Waals surface area contributed by atoms with Gasteiger partial charge in [-0.15, -0.1) is 0 Å². The van der Waals surface area contributed by atoms with Crippen molar-refractivity contribution in [2.45, 2.75) is 18.8 Å². The molecule has 2 heterocycles. The van der Waals surface area contributed by atoms with Gasteiger partial charge in [-0.25, -0.2) is 0 Å². The molecule has 1 amide bonds. The number of likely N-dealkylation sites (tertiary alicyclic amines) is 1. The summed E-state index contributed by atoms with van der Waals surface area (Å²) in [5.74, 6) is 0.469. The smallest absolute Gasteiger partial charge is 0.251 e. The lowest BCUT2D eigenvalue weighted by Gasteiger charge is -2.28. The number of aromatic nitrogens is 1. The third-order valence-electron chi connectivity index (χ3n) is 4.65. The van der Waals surface area contributed by atoms with Crippen LogP contribution in [0.2, 0.25) is 0 Å². The lowest BCUT2D eigenvalue weighted by molar-refractivity contribution is 0.0963. The summed E-state index contributed by atoms with van der Waals surface area (Å²) in [6.07, 6.45) is 4.36. The van der Waals surface area contributed by atoms with Crippen molar-refractivity contribution in [3.63, 3.8) is 0 Å². The standard InChI is InChI=1S/C17H23N3O2/c1-18-17(21)13-4-5-16-14(10-13)15(11-20(16)22-3)12-6-8-19(2)9-7-12/h4-5,10-12H,6-9H2,1-3H3,(H,18,21). The van der Waals surface area contributed by atoms with Gasteiger partial charge < -0.3 is 15.1 Å². The Kier molecular flexibility index (Phi) is 4.07. The molecule has 0 atom stereocenters.